The lowest BCUT2D eigenvalue weighted by molar-refractivity contribution is -0.118. The maximum Gasteiger partial charge on any atom is 0.137 e. The second kappa shape index (κ2) is 4.13. The lowest BCUT2D eigenvalue weighted by Crippen LogP contribution is -2.13. The number of carbonyl (C=O) groups excluding carboxylic acids is 1. The van der Waals surface area contributed by atoms with E-state index < -0.39 is 0 Å². The second-order valence-electron chi connectivity index (χ2n) is 4.41. The summed E-state index contributed by atoms with van der Waals surface area (Å²) in [6.07, 6.45) is 3.95. The minimum Gasteiger partial charge on any atom is -0.299 e. The molecule has 0 amide bonds. The molecule has 3 rings (SSSR count). The summed E-state index contributed by atoms with van der Waals surface area (Å²) < 4.78 is 0. The Hall–Kier alpha value is -1.96. The number of Topliss-reactive ketones (excluding diaryl/α,β-unsaturated/α-hetero) is 1. The van der Waals surface area contributed by atoms with E-state index in [1.54, 1.807) is 6.20 Å². The first-order valence-corrected chi connectivity index (χ1v) is 5.88. The second-order valence-corrected chi connectivity index (χ2v) is 4.41. The summed E-state index contributed by atoms with van der Waals surface area (Å²) in [5.41, 5.74) is 4.54. The normalized spacial score (nSPS) is 14.5. The molecule has 1 heterocycles. The zero-order valence-corrected chi connectivity index (χ0v) is 9.52. The first kappa shape index (κ1) is 10.2. The smallest absolute Gasteiger partial charge is 0.137 e. The van der Waals surface area contributed by atoms with E-state index in [1.165, 1.54) is 11.1 Å². The van der Waals surface area contributed by atoms with Gasteiger partial charge in [-0.05, 0) is 35.7 Å². The molecule has 1 aromatic heterocycles. The number of carbonyl (C=O) groups is 1. The number of aryl methyl sites for hydroxylation is 1. The molecule has 0 aliphatic heterocycles. The van der Waals surface area contributed by atoms with Crippen molar-refractivity contribution < 1.29 is 4.79 Å². The van der Waals surface area contributed by atoms with Crippen molar-refractivity contribution in [3.05, 3.63) is 53.7 Å². The van der Waals surface area contributed by atoms with Gasteiger partial charge in [-0.25, -0.2) is 0 Å². The Kier molecular flexibility index (Phi) is 2.48. The first-order valence-electron chi connectivity index (χ1n) is 5.88. The van der Waals surface area contributed by atoms with E-state index in [2.05, 4.69) is 23.2 Å². The lowest BCUT2D eigenvalue weighted by Gasteiger charge is -2.15. The molecule has 84 valence electrons. The van der Waals surface area contributed by atoms with Crippen LogP contribution in [0.15, 0.2) is 42.6 Å². The fourth-order valence-electron chi connectivity index (χ4n) is 2.30. The van der Waals surface area contributed by atoms with Gasteiger partial charge in [-0.15, -0.1) is 0 Å². The molecule has 0 atom stereocenters. The average molecular weight is 223 g/mol. The molecular formula is C15H13NO. The number of nitrogens with zero attached hydrogens (tertiary/aromatic N) is 1. The number of fused-ring (bicyclic) bond motifs is 1. The zero-order chi connectivity index (χ0) is 11.7. The molecule has 0 N–H and O–H groups in total. The van der Waals surface area contributed by atoms with Gasteiger partial charge < -0.3 is 0 Å². The predicted octanol–water partition coefficient (Wildman–Crippen LogP) is 2.81. The van der Waals surface area contributed by atoms with Crippen molar-refractivity contribution in [3.63, 3.8) is 0 Å². The van der Waals surface area contributed by atoms with Crippen LogP contribution in [-0.4, -0.2) is 10.8 Å². The summed E-state index contributed by atoms with van der Waals surface area (Å²) in [6.45, 7) is 0. The van der Waals surface area contributed by atoms with E-state index in [4.69, 9.17) is 0 Å². The van der Waals surface area contributed by atoms with E-state index in [0.717, 1.165) is 17.7 Å². The highest BCUT2D eigenvalue weighted by atomic mass is 16.1. The molecular weight excluding hydrogens is 210 g/mol. The Labute approximate surface area is 100 Å². The number of rotatable bonds is 1. The molecule has 2 aromatic rings. The van der Waals surface area contributed by atoms with Crippen LogP contribution in [0.1, 0.15) is 17.5 Å². The maximum atomic E-state index is 11.5. The highest BCUT2D eigenvalue weighted by Crippen LogP contribution is 2.25. The Balaban J connectivity index is 2.04. The molecule has 1 aliphatic rings. The quantitative estimate of drug-likeness (QED) is 0.744. The van der Waals surface area contributed by atoms with Crippen LogP contribution in [0, 0.1) is 0 Å². The number of benzene rings is 1. The fraction of sp³-hybridized carbons (Fsp3) is 0.200. The van der Waals surface area contributed by atoms with Gasteiger partial charge in [0.25, 0.3) is 0 Å². The molecule has 0 radical (unpaired) electrons. The minimum atomic E-state index is 0.343. The van der Waals surface area contributed by atoms with Gasteiger partial charge in [0.1, 0.15) is 5.78 Å². The van der Waals surface area contributed by atoms with Crippen LogP contribution < -0.4 is 0 Å². The van der Waals surface area contributed by atoms with Crippen LogP contribution in [0.3, 0.4) is 0 Å². The highest BCUT2D eigenvalue weighted by molar-refractivity contribution is 5.83. The van der Waals surface area contributed by atoms with Crippen molar-refractivity contribution >= 4 is 5.78 Å². The molecule has 0 spiro atoms. The standard InChI is InChI=1S/C15H13NO/c17-14-7-6-11-4-5-12(9-13(11)10-14)15-3-1-2-8-16-15/h1-5,8-9H,6-7,10H2. The average Bonchev–Trinajstić information content (AvgIpc) is 2.39. The van der Waals surface area contributed by atoms with Crippen LogP contribution in [-0.2, 0) is 17.6 Å². The van der Waals surface area contributed by atoms with Crippen molar-refractivity contribution in [3.8, 4) is 11.3 Å². The molecule has 0 fully saturated rings. The molecule has 0 saturated carbocycles. The highest BCUT2D eigenvalue weighted by Gasteiger charge is 2.15. The third kappa shape index (κ3) is 1.98. The van der Waals surface area contributed by atoms with E-state index in [-0.39, 0.29) is 0 Å². The van der Waals surface area contributed by atoms with Gasteiger partial charge in [0.15, 0.2) is 0 Å². The van der Waals surface area contributed by atoms with Crippen LogP contribution >= 0.6 is 0 Å². The molecule has 0 bridgehead atoms. The van der Waals surface area contributed by atoms with E-state index >= 15 is 0 Å². The van der Waals surface area contributed by atoms with Gasteiger partial charge in [0.05, 0.1) is 5.69 Å². The van der Waals surface area contributed by atoms with Gasteiger partial charge >= 0.3 is 0 Å². The molecule has 0 saturated heterocycles. The van der Waals surface area contributed by atoms with Crippen molar-refractivity contribution in [2.45, 2.75) is 19.3 Å². The van der Waals surface area contributed by atoms with Crippen molar-refractivity contribution in [1.82, 2.24) is 4.98 Å². The third-order valence-corrected chi connectivity index (χ3v) is 3.23. The zero-order valence-electron chi connectivity index (χ0n) is 9.52. The number of hydrogen-bond donors (Lipinski definition) is 0. The van der Waals surface area contributed by atoms with Gasteiger partial charge in [0.2, 0.25) is 0 Å². The van der Waals surface area contributed by atoms with Crippen LogP contribution in [0.2, 0.25) is 0 Å². The Morgan fingerprint density at radius 1 is 1.00 bits per heavy atom. The van der Waals surface area contributed by atoms with Crippen molar-refractivity contribution in [1.29, 1.82) is 0 Å². The van der Waals surface area contributed by atoms with Crippen molar-refractivity contribution in [2.75, 3.05) is 0 Å². The Bertz CT molecular complexity index is 560. The van der Waals surface area contributed by atoms with Crippen molar-refractivity contribution in [2.24, 2.45) is 0 Å². The molecule has 0 unspecified atom stereocenters. The maximum absolute atomic E-state index is 11.5. The summed E-state index contributed by atoms with van der Waals surface area (Å²) in [5.74, 6) is 0.343. The molecule has 17 heavy (non-hydrogen) atoms. The van der Waals surface area contributed by atoms with Crippen LogP contribution in [0.5, 0.6) is 0 Å². The number of ketones is 1. The molecule has 2 nitrogen and oxygen atoms in total. The minimum absolute atomic E-state index is 0.343. The predicted molar refractivity (Wildman–Crippen MR) is 66.7 cm³/mol. The Morgan fingerprint density at radius 2 is 1.94 bits per heavy atom. The molecule has 1 aliphatic carbocycles. The molecule has 2 heteroatoms. The van der Waals surface area contributed by atoms with E-state index in [9.17, 15) is 4.79 Å². The summed E-state index contributed by atoms with van der Waals surface area (Å²) in [5, 5.41) is 0. The monoisotopic (exact) mass is 223 g/mol. The number of pyridine rings is 1. The number of hydrogen-bond acceptors (Lipinski definition) is 2. The Morgan fingerprint density at radius 3 is 2.76 bits per heavy atom. The lowest BCUT2D eigenvalue weighted by atomic mass is 9.89. The van der Waals surface area contributed by atoms with E-state index in [0.29, 0.717) is 18.6 Å². The SMILES string of the molecule is O=C1CCc2ccc(-c3ccccn3)cc2C1. The molecule has 1 aromatic carbocycles. The first-order chi connectivity index (χ1) is 8.33. The van der Waals surface area contributed by atoms with Gasteiger partial charge in [0, 0.05) is 24.6 Å². The topological polar surface area (TPSA) is 30.0 Å². The van der Waals surface area contributed by atoms with E-state index in [1.807, 2.05) is 18.2 Å². The van der Waals surface area contributed by atoms with Crippen LogP contribution in [0.4, 0.5) is 0 Å². The third-order valence-electron chi connectivity index (χ3n) is 3.23. The number of aromatic nitrogens is 1. The summed E-state index contributed by atoms with van der Waals surface area (Å²) in [6, 6.07) is 12.2. The largest absolute Gasteiger partial charge is 0.299 e. The van der Waals surface area contributed by atoms with Gasteiger partial charge in [-0.2, -0.15) is 0 Å². The summed E-state index contributed by atoms with van der Waals surface area (Å²) in [4.78, 5) is 15.8. The van der Waals surface area contributed by atoms with Gasteiger partial charge in [-0.3, -0.25) is 9.78 Å². The van der Waals surface area contributed by atoms with Crippen LogP contribution in [0.25, 0.3) is 11.3 Å². The summed E-state index contributed by atoms with van der Waals surface area (Å²) >= 11 is 0. The van der Waals surface area contributed by atoms with Gasteiger partial charge in [-0.1, -0.05) is 18.2 Å². The fourth-order valence-corrected chi connectivity index (χ4v) is 2.30. The summed E-state index contributed by atoms with van der Waals surface area (Å²) in [7, 11) is 0.